The summed E-state index contributed by atoms with van der Waals surface area (Å²) in [5, 5.41) is 14.6. The number of rotatable bonds is 6. The van der Waals surface area contributed by atoms with Crippen LogP contribution in [0.3, 0.4) is 0 Å². The van der Waals surface area contributed by atoms with Gasteiger partial charge >= 0.3 is 0 Å². The van der Waals surface area contributed by atoms with Gasteiger partial charge < -0.3 is 9.84 Å². The average molecular weight is 226 g/mol. The van der Waals surface area contributed by atoms with Gasteiger partial charge in [0, 0.05) is 32.5 Å². The molecule has 0 aromatic carbocycles. The number of aryl methyl sites for hydroxylation is 2. The molecular weight excluding hydrogens is 204 g/mol. The molecule has 0 aliphatic heterocycles. The van der Waals surface area contributed by atoms with Crippen LogP contribution >= 0.6 is 0 Å². The van der Waals surface area contributed by atoms with Gasteiger partial charge in [-0.15, -0.1) is 0 Å². The van der Waals surface area contributed by atoms with Gasteiger partial charge in [0.05, 0.1) is 11.8 Å². The van der Waals surface area contributed by atoms with Crippen LogP contribution in [0.25, 0.3) is 0 Å². The molecule has 0 aliphatic carbocycles. The third-order valence-electron chi connectivity index (χ3n) is 2.91. The second-order valence-electron chi connectivity index (χ2n) is 4.26. The summed E-state index contributed by atoms with van der Waals surface area (Å²) in [5.41, 5.74) is 1.94. The van der Waals surface area contributed by atoms with Crippen LogP contribution in [0.2, 0.25) is 0 Å². The fourth-order valence-electron chi connectivity index (χ4n) is 1.84. The number of aliphatic hydroxyl groups excluding tert-OH is 1. The molecule has 4 nitrogen and oxygen atoms in total. The van der Waals surface area contributed by atoms with Gasteiger partial charge in [0.1, 0.15) is 0 Å². The van der Waals surface area contributed by atoms with Crippen LogP contribution in [0.5, 0.6) is 0 Å². The minimum atomic E-state index is -0.446. The van der Waals surface area contributed by atoms with Crippen molar-refractivity contribution in [1.29, 1.82) is 0 Å². The molecule has 16 heavy (non-hydrogen) atoms. The lowest BCUT2D eigenvalue weighted by Crippen LogP contribution is -2.12. The smallest absolute Gasteiger partial charge is 0.0849 e. The van der Waals surface area contributed by atoms with Gasteiger partial charge in [0.2, 0.25) is 0 Å². The Morgan fingerprint density at radius 2 is 2.25 bits per heavy atom. The highest BCUT2D eigenvalue weighted by molar-refractivity contribution is 5.20. The Bertz CT molecular complexity index is 323. The predicted octanol–water partition coefficient (Wildman–Crippen LogP) is 1.69. The largest absolute Gasteiger partial charge is 0.388 e. The maximum Gasteiger partial charge on any atom is 0.0849 e. The minimum Gasteiger partial charge on any atom is -0.388 e. The fraction of sp³-hybridized carbons (Fsp3) is 0.750. The molecule has 0 saturated heterocycles. The number of hydrogen-bond donors (Lipinski definition) is 1. The first-order chi connectivity index (χ1) is 7.60. The summed E-state index contributed by atoms with van der Waals surface area (Å²) in [6.07, 6.45) is 3.17. The average Bonchev–Trinajstić information content (AvgIpc) is 2.66. The molecule has 1 heterocycles. The van der Waals surface area contributed by atoms with Gasteiger partial charge in [-0.05, 0) is 18.8 Å². The molecule has 1 aromatic rings. The molecule has 2 unspecified atom stereocenters. The SMILES string of the molecule is CCc1nn(C)cc1C(O)C(C)CCOC. The molecule has 4 heteroatoms. The summed E-state index contributed by atoms with van der Waals surface area (Å²) in [5.74, 6) is 0.189. The molecule has 92 valence electrons. The number of ether oxygens (including phenoxy) is 1. The standard InChI is InChI=1S/C12H22N2O2/c1-5-11-10(8-14(3)13-11)12(15)9(2)6-7-16-4/h8-9,12,15H,5-7H2,1-4H3. The van der Waals surface area contributed by atoms with Gasteiger partial charge in [-0.25, -0.2) is 0 Å². The lowest BCUT2D eigenvalue weighted by molar-refractivity contribution is 0.0879. The van der Waals surface area contributed by atoms with Crippen LogP contribution in [0, 0.1) is 5.92 Å². The van der Waals surface area contributed by atoms with Crippen molar-refractivity contribution in [2.75, 3.05) is 13.7 Å². The predicted molar refractivity (Wildman–Crippen MR) is 63.2 cm³/mol. The summed E-state index contributed by atoms with van der Waals surface area (Å²) in [4.78, 5) is 0. The van der Waals surface area contributed by atoms with E-state index in [4.69, 9.17) is 4.74 Å². The van der Waals surface area contributed by atoms with Crippen LogP contribution in [0.1, 0.15) is 37.6 Å². The quantitative estimate of drug-likeness (QED) is 0.803. The lowest BCUT2D eigenvalue weighted by atomic mass is 9.95. The van der Waals surface area contributed by atoms with E-state index in [1.807, 2.05) is 20.2 Å². The molecule has 0 amide bonds. The Hall–Kier alpha value is -0.870. The van der Waals surface area contributed by atoms with Crippen molar-refractivity contribution in [3.8, 4) is 0 Å². The number of hydrogen-bond acceptors (Lipinski definition) is 3. The van der Waals surface area contributed by atoms with E-state index in [0.29, 0.717) is 6.61 Å². The number of nitrogens with zero attached hydrogens (tertiary/aromatic N) is 2. The molecule has 0 saturated carbocycles. The third-order valence-corrected chi connectivity index (χ3v) is 2.91. The molecule has 0 spiro atoms. The van der Waals surface area contributed by atoms with Gasteiger partial charge in [-0.3, -0.25) is 4.68 Å². The van der Waals surface area contributed by atoms with Crippen molar-refractivity contribution in [2.45, 2.75) is 32.8 Å². The van der Waals surface area contributed by atoms with E-state index in [1.54, 1.807) is 11.8 Å². The molecule has 1 aromatic heterocycles. The highest BCUT2D eigenvalue weighted by Crippen LogP contribution is 2.26. The van der Waals surface area contributed by atoms with E-state index in [9.17, 15) is 5.11 Å². The van der Waals surface area contributed by atoms with Crippen LogP contribution in [0.4, 0.5) is 0 Å². The Morgan fingerprint density at radius 3 is 2.81 bits per heavy atom. The molecule has 0 radical (unpaired) electrons. The van der Waals surface area contributed by atoms with E-state index in [0.717, 1.165) is 24.1 Å². The van der Waals surface area contributed by atoms with Crippen molar-refractivity contribution >= 4 is 0 Å². The molecular formula is C12H22N2O2. The summed E-state index contributed by atoms with van der Waals surface area (Å²) < 4.78 is 6.79. The topological polar surface area (TPSA) is 47.3 Å². The van der Waals surface area contributed by atoms with Crippen LogP contribution in [-0.2, 0) is 18.2 Å². The van der Waals surface area contributed by atoms with Crippen molar-refractivity contribution in [2.24, 2.45) is 13.0 Å². The molecule has 1 rings (SSSR count). The molecule has 2 atom stereocenters. The summed E-state index contributed by atoms with van der Waals surface area (Å²) in [6, 6.07) is 0. The molecule has 0 aliphatic rings. The van der Waals surface area contributed by atoms with Gasteiger partial charge in [-0.2, -0.15) is 5.10 Å². The first-order valence-electron chi connectivity index (χ1n) is 5.79. The highest BCUT2D eigenvalue weighted by atomic mass is 16.5. The fourth-order valence-corrected chi connectivity index (χ4v) is 1.84. The van der Waals surface area contributed by atoms with Gasteiger partial charge in [0.15, 0.2) is 0 Å². The maximum absolute atomic E-state index is 10.2. The second-order valence-corrected chi connectivity index (χ2v) is 4.26. The highest BCUT2D eigenvalue weighted by Gasteiger charge is 2.20. The number of aromatic nitrogens is 2. The van der Waals surface area contributed by atoms with E-state index in [2.05, 4.69) is 12.0 Å². The van der Waals surface area contributed by atoms with Crippen molar-refractivity contribution in [3.63, 3.8) is 0 Å². The first-order valence-corrected chi connectivity index (χ1v) is 5.79. The van der Waals surface area contributed by atoms with Crippen molar-refractivity contribution < 1.29 is 9.84 Å². The van der Waals surface area contributed by atoms with E-state index >= 15 is 0 Å². The van der Waals surface area contributed by atoms with E-state index in [1.165, 1.54) is 0 Å². The Balaban J connectivity index is 2.74. The summed E-state index contributed by atoms with van der Waals surface area (Å²) >= 11 is 0. The van der Waals surface area contributed by atoms with Crippen LogP contribution < -0.4 is 0 Å². The number of methoxy groups -OCH3 is 1. The van der Waals surface area contributed by atoms with Gasteiger partial charge in [-0.1, -0.05) is 13.8 Å². The van der Waals surface area contributed by atoms with E-state index in [-0.39, 0.29) is 5.92 Å². The Morgan fingerprint density at radius 1 is 1.56 bits per heavy atom. The van der Waals surface area contributed by atoms with Crippen molar-refractivity contribution in [3.05, 3.63) is 17.5 Å². The summed E-state index contributed by atoms with van der Waals surface area (Å²) in [6.45, 7) is 4.77. The Kier molecular flexibility index (Phi) is 4.96. The monoisotopic (exact) mass is 226 g/mol. The maximum atomic E-state index is 10.2. The molecule has 1 N–H and O–H groups in total. The normalized spacial score (nSPS) is 15.1. The molecule has 0 fully saturated rings. The third kappa shape index (κ3) is 3.06. The summed E-state index contributed by atoms with van der Waals surface area (Å²) in [7, 11) is 3.57. The second kappa shape index (κ2) is 6.01. The van der Waals surface area contributed by atoms with Crippen molar-refractivity contribution in [1.82, 2.24) is 9.78 Å². The minimum absolute atomic E-state index is 0.189. The first kappa shape index (κ1) is 13.2. The van der Waals surface area contributed by atoms with Crippen LogP contribution in [0.15, 0.2) is 6.20 Å². The zero-order valence-corrected chi connectivity index (χ0v) is 10.6. The van der Waals surface area contributed by atoms with Crippen LogP contribution in [-0.4, -0.2) is 28.6 Å². The zero-order valence-electron chi connectivity index (χ0n) is 10.6. The lowest BCUT2D eigenvalue weighted by Gasteiger charge is -2.18. The van der Waals surface area contributed by atoms with E-state index < -0.39 is 6.10 Å². The van der Waals surface area contributed by atoms with Gasteiger partial charge in [0.25, 0.3) is 0 Å². The molecule has 0 bridgehead atoms. The zero-order chi connectivity index (χ0) is 12.1. The Labute approximate surface area is 97.2 Å². The number of aliphatic hydroxyl groups is 1.